The molecule has 3 nitrogen and oxygen atoms in total. The van der Waals surface area contributed by atoms with E-state index in [1.807, 2.05) is 0 Å². The Kier molecular flexibility index (Phi) is 5.05. The second-order valence-electron chi connectivity index (χ2n) is 6.45. The molecule has 0 saturated heterocycles. The zero-order chi connectivity index (χ0) is 13.0. The molecule has 18 heavy (non-hydrogen) atoms. The molecule has 2 rings (SSSR count). The molecule has 4 atom stereocenters. The van der Waals surface area contributed by atoms with Crippen LogP contribution in [-0.2, 0) is 4.74 Å². The van der Waals surface area contributed by atoms with Gasteiger partial charge in [0.1, 0.15) is 0 Å². The van der Waals surface area contributed by atoms with Gasteiger partial charge in [0, 0.05) is 13.2 Å². The van der Waals surface area contributed by atoms with Crippen LogP contribution in [0.1, 0.15) is 58.3 Å². The average Bonchev–Trinajstić information content (AvgIpc) is 2.72. The minimum Gasteiger partial charge on any atom is -0.388 e. The van der Waals surface area contributed by atoms with Crippen LogP contribution in [0.15, 0.2) is 0 Å². The van der Waals surface area contributed by atoms with E-state index in [4.69, 9.17) is 10.5 Å². The van der Waals surface area contributed by atoms with Gasteiger partial charge in [-0.1, -0.05) is 26.2 Å². The number of rotatable bonds is 5. The Labute approximate surface area is 111 Å². The SMILES string of the molecule is CC1CCCC(OCCC2CCCC2(O)CN)C1. The third-order valence-corrected chi connectivity index (χ3v) is 4.98. The maximum atomic E-state index is 10.4. The van der Waals surface area contributed by atoms with E-state index in [-0.39, 0.29) is 0 Å². The maximum absolute atomic E-state index is 10.4. The van der Waals surface area contributed by atoms with Gasteiger partial charge in [-0.2, -0.15) is 0 Å². The van der Waals surface area contributed by atoms with Crippen LogP contribution in [-0.4, -0.2) is 30.0 Å². The second-order valence-corrected chi connectivity index (χ2v) is 6.45. The van der Waals surface area contributed by atoms with Crippen LogP contribution in [0.3, 0.4) is 0 Å². The van der Waals surface area contributed by atoms with Crippen LogP contribution < -0.4 is 5.73 Å². The molecule has 0 aromatic rings. The van der Waals surface area contributed by atoms with E-state index >= 15 is 0 Å². The number of aliphatic hydroxyl groups is 1. The number of hydrogen-bond acceptors (Lipinski definition) is 3. The smallest absolute Gasteiger partial charge is 0.0798 e. The summed E-state index contributed by atoms with van der Waals surface area (Å²) in [6.45, 7) is 3.52. The fraction of sp³-hybridized carbons (Fsp3) is 1.00. The summed E-state index contributed by atoms with van der Waals surface area (Å²) in [6.07, 6.45) is 9.62. The van der Waals surface area contributed by atoms with Crippen LogP contribution >= 0.6 is 0 Å². The highest BCUT2D eigenvalue weighted by Gasteiger charge is 2.39. The minimum absolute atomic E-state index is 0.350. The van der Waals surface area contributed by atoms with E-state index < -0.39 is 5.60 Å². The van der Waals surface area contributed by atoms with E-state index in [1.54, 1.807) is 0 Å². The zero-order valence-corrected chi connectivity index (χ0v) is 11.7. The maximum Gasteiger partial charge on any atom is 0.0798 e. The molecule has 3 heteroatoms. The average molecular weight is 255 g/mol. The van der Waals surface area contributed by atoms with Gasteiger partial charge in [-0.15, -0.1) is 0 Å². The van der Waals surface area contributed by atoms with Gasteiger partial charge in [0.15, 0.2) is 0 Å². The Morgan fingerprint density at radius 3 is 2.83 bits per heavy atom. The summed E-state index contributed by atoms with van der Waals surface area (Å²) in [5.41, 5.74) is 5.09. The summed E-state index contributed by atoms with van der Waals surface area (Å²) in [7, 11) is 0. The molecule has 2 fully saturated rings. The highest BCUT2D eigenvalue weighted by molar-refractivity contribution is 4.92. The lowest BCUT2D eigenvalue weighted by molar-refractivity contribution is -0.0264. The fourth-order valence-corrected chi connectivity index (χ4v) is 3.72. The first-order chi connectivity index (χ1) is 8.64. The third kappa shape index (κ3) is 3.46. The molecule has 0 radical (unpaired) electrons. The summed E-state index contributed by atoms with van der Waals surface area (Å²) in [5.74, 6) is 1.17. The Hall–Kier alpha value is -0.120. The Morgan fingerprint density at radius 2 is 2.11 bits per heavy atom. The van der Waals surface area contributed by atoms with Gasteiger partial charge in [0.2, 0.25) is 0 Å². The van der Waals surface area contributed by atoms with Crippen molar-refractivity contribution in [3.05, 3.63) is 0 Å². The van der Waals surface area contributed by atoms with Gasteiger partial charge >= 0.3 is 0 Å². The van der Waals surface area contributed by atoms with Crippen molar-refractivity contribution in [3.63, 3.8) is 0 Å². The van der Waals surface area contributed by atoms with E-state index in [1.165, 1.54) is 25.7 Å². The molecule has 0 aromatic carbocycles. The highest BCUT2D eigenvalue weighted by Crippen LogP contribution is 2.37. The van der Waals surface area contributed by atoms with Crippen LogP contribution in [0.5, 0.6) is 0 Å². The lowest BCUT2D eigenvalue weighted by atomic mass is 9.87. The molecule has 2 aliphatic carbocycles. The van der Waals surface area contributed by atoms with E-state index in [0.29, 0.717) is 18.6 Å². The van der Waals surface area contributed by atoms with Gasteiger partial charge in [0.05, 0.1) is 11.7 Å². The molecule has 0 amide bonds. The molecule has 4 unspecified atom stereocenters. The molecule has 2 saturated carbocycles. The summed E-state index contributed by atoms with van der Waals surface area (Å²) in [6, 6.07) is 0. The Morgan fingerprint density at radius 1 is 1.28 bits per heavy atom. The first kappa shape index (κ1) is 14.3. The van der Waals surface area contributed by atoms with Gasteiger partial charge in [-0.25, -0.2) is 0 Å². The van der Waals surface area contributed by atoms with Crippen LogP contribution in [0, 0.1) is 11.8 Å². The predicted molar refractivity (Wildman–Crippen MR) is 73.3 cm³/mol. The fourth-order valence-electron chi connectivity index (χ4n) is 3.72. The van der Waals surface area contributed by atoms with Crippen molar-refractivity contribution in [2.24, 2.45) is 17.6 Å². The molecule has 3 N–H and O–H groups in total. The summed E-state index contributed by atoms with van der Waals surface area (Å²) in [5, 5.41) is 10.4. The number of ether oxygens (including phenoxy) is 1. The Bertz CT molecular complexity index is 259. The largest absolute Gasteiger partial charge is 0.388 e. The van der Waals surface area contributed by atoms with Crippen molar-refractivity contribution in [2.45, 2.75) is 70.0 Å². The first-order valence-electron chi connectivity index (χ1n) is 7.68. The van der Waals surface area contributed by atoms with E-state index in [9.17, 15) is 5.11 Å². The van der Waals surface area contributed by atoms with Crippen molar-refractivity contribution in [1.29, 1.82) is 0 Å². The molecular weight excluding hydrogens is 226 g/mol. The summed E-state index contributed by atoms with van der Waals surface area (Å²) in [4.78, 5) is 0. The normalized spacial score (nSPS) is 41.2. The predicted octanol–water partition coefficient (Wildman–Crippen LogP) is 2.46. The van der Waals surface area contributed by atoms with Crippen LogP contribution in [0.4, 0.5) is 0 Å². The topological polar surface area (TPSA) is 55.5 Å². The quantitative estimate of drug-likeness (QED) is 0.793. The Balaban J connectivity index is 1.68. The second kappa shape index (κ2) is 6.36. The molecule has 0 heterocycles. The molecule has 0 aromatic heterocycles. The van der Waals surface area contributed by atoms with Crippen LogP contribution in [0.2, 0.25) is 0 Å². The summed E-state index contributed by atoms with van der Waals surface area (Å²) < 4.78 is 6.00. The van der Waals surface area contributed by atoms with Crippen molar-refractivity contribution in [2.75, 3.05) is 13.2 Å². The van der Waals surface area contributed by atoms with Crippen molar-refractivity contribution in [3.8, 4) is 0 Å². The monoisotopic (exact) mass is 255 g/mol. The minimum atomic E-state index is -0.608. The zero-order valence-electron chi connectivity index (χ0n) is 11.7. The van der Waals surface area contributed by atoms with Crippen molar-refractivity contribution < 1.29 is 9.84 Å². The van der Waals surface area contributed by atoms with E-state index in [0.717, 1.165) is 38.2 Å². The van der Waals surface area contributed by atoms with Gasteiger partial charge in [-0.05, 0) is 43.9 Å². The molecule has 0 bridgehead atoms. The lowest BCUT2D eigenvalue weighted by Gasteiger charge is -2.30. The van der Waals surface area contributed by atoms with Gasteiger partial charge in [-0.3, -0.25) is 0 Å². The number of nitrogens with two attached hydrogens (primary N) is 1. The van der Waals surface area contributed by atoms with Crippen molar-refractivity contribution >= 4 is 0 Å². The molecule has 0 aliphatic heterocycles. The first-order valence-corrected chi connectivity index (χ1v) is 7.68. The number of hydrogen-bond donors (Lipinski definition) is 2. The van der Waals surface area contributed by atoms with Crippen molar-refractivity contribution in [1.82, 2.24) is 0 Å². The summed E-state index contributed by atoms with van der Waals surface area (Å²) >= 11 is 0. The molecule has 0 spiro atoms. The highest BCUT2D eigenvalue weighted by atomic mass is 16.5. The van der Waals surface area contributed by atoms with Gasteiger partial charge < -0.3 is 15.6 Å². The molecule has 106 valence electrons. The van der Waals surface area contributed by atoms with E-state index in [2.05, 4.69) is 6.92 Å². The standard InChI is InChI=1S/C15H29NO2/c1-12-4-2-6-14(10-12)18-9-7-13-5-3-8-15(13,17)11-16/h12-14,17H,2-11,16H2,1H3. The third-order valence-electron chi connectivity index (χ3n) is 4.98. The van der Waals surface area contributed by atoms with Gasteiger partial charge in [0.25, 0.3) is 0 Å². The van der Waals surface area contributed by atoms with Crippen LogP contribution in [0.25, 0.3) is 0 Å². The molecular formula is C15H29NO2. The lowest BCUT2D eigenvalue weighted by Crippen LogP contribution is -2.41. The molecule has 2 aliphatic rings.